The zero-order valence-electron chi connectivity index (χ0n) is 9.42. The van der Waals surface area contributed by atoms with Gasteiger partial charge in [0.05, 0.1) is 0 Å². The Labute approximate surface area is 91.5 Å². The Balaban J connectivity index is 2.20. The maximum Gasteiger partial charge on any atom is 0.00875 e. The molecule has 14 heavy (non-hydrogen) atoms. The predicted molar refractivity (Wildman–Crippen MR) is 64.9 cm³/mol. The van der Waals surface area contributed by atoms with Crippen molar-refractivity contribution in [3.05, 3.63) is 22.4 Å². The summed E-state index contributed by atoms with van der Waals surface area (Å²) in [7, 11) is 0. The fourth-order valence-electron chi connectivity index (χ4n) is 1.69. The number of hydrogen-bond donors (Lipinski definition) is 1. The molecular formula is C12H21NS. The van der Waals surface area contributed by atoms with E-state index in [0.717, 1.165) is 12.5 Å². The fourth-order valence-corrected chi connectivity index (χ4v) is 2.40. The van der Waals surface area contributed by atoms with E-state index >= 15 is 0 Å². The highest BCUT2D eigenvalue weighted by molar-refractivity contribution is 7.09. The zero-order valence-corrected chi connectivity index (χ0v) is 10.2. The molecule has 0 spiro atoms. The van der Waals surface area contributed by atoms with Crippen LogP contribution in [0.2, 0.25) is 0 Å². The van der Waals surface area contributed by atoms with E-state index in [-0.39, 0.29) is 0 Å². The molecule has 1 aromatic rings. The number of hydrogen-bond acceptors (Lipinski definition) is 2. The molecule has 0 radical (unpaired) electrons. The van der Waals surface area contributed by atoms with Crippen LogP contribution in [0.5, 0.6) is 0 Å². The lowest BCUT2D eigenvalue weighted by Gasteiger charge is -2.20. The van der Waals surface area contributed by atoms with Gasteiger partial charge in [0, 0.05) is 17.5 Å². The molecule has 0 bridgehead atoms. The van der Waals surface area contributed by atoms with Gasteiger partial charge in [0.25, 0.3) is 0 Å². The molecule has 0 aromatic carbocycles. The average molecular weight is 211 g/mol. The van der Waals surface area contributed by atoms with E-state index in [1.165, 1.54) is 17.7 Å². The van der Waals surface area contributed by atoms with E-state index in [4.69, 9.17) is 0 Å². The Morgan fingerprint density at radius 3 is 2.71 bits per heavy atom. The van der Waals surface area contributed by atoms with Crippen molar-refractivity contribution >= 4 is 11.3 Å². The van der Waals surface area contributed by atoms with Crippen molar-refractivity contribution in [3.8, 4) is 0 Å². The minimum absolute atomic E-state index is 0.676. The van der Waals surface area contributed by atoms with E-state index in [1.54, 1.807) is 0 Å². The standard InChI is InChI=1S/C12H21NS/c1-4-12(10(2)3)13-8-7-11-6-5-9-14-11/h5-6,9-10,12-13H,4,7-8H2,1-3H3/t12-/m0/s1. The Hall–Kier alpha value is -0.340. The van der Waals surface area contributed by atoms with Gasteiger partial charge in [0.2, 0.25) is 0 Å². The highest BCUT2D eigenvalue weighted by Crippen LogP contribution is 2.09. The minimum atomic E-state index is 0.676. The van der Waals surface area contributed by atoms with Gasteiger partial charge in [0.1, 0.15) is 0 Å². The van der Waals surface area contributed by atoms with Crippen molar-refractivity contribution in [2.24, 2.45) is 5.92 Å². The SMILES string of the molecule is CC[C@H](NCCc1cccs1)C(C)C. The molecule has 0 saturated heterocycles. The maximum atomic E-state index is 3.61. The average Bonchev–Trinajstić information content (AvgIpc) is 2.64. The quantitative estimate of drug-likeness (QED) is 0.761. The molecule has 1 rings (SSSR count). The monoisotopic (exact) mass is 211 g/mol. The van der Waals surface area contributed by atoms with Gasteiger partial charge in [-0.1, -0.05) is 26.8 Å². The summed E-state index contributed by atoms with van der Waals surface area (Å²) in [5, 5.41) is 5.76. The lowest BCUT2D eigenvalue weighted by atomic mass is 10.0. The minimum Gasteiger partial charge on any atom is -0.313 e. The van der Waals surface area contributed by atoms with Gasteiger partial charge in [-0.15, -0.1) is 11.3 Å². The summed E-state index contributed by atoms with van der Waals surface area (Å²) < 4.78 is 0. The topological polar surface area (TPSA) is 12.0 Å². The van der Waals surface area contributed by atoms with Crippen LogP contribution < -0.4 is 5.32 Å². The normalized spacial score (nSPS) is 13.4. The largest absolute Gasteiger partial charge is 0.313 e. The molecule has 0 fully saturated rings. The van der Waals surface area contributed by atoms with Crippen molar-refractivity contribution in [3.63, 3.8) is 0 Å². The first-order valence-corrected chi connectivity index (χ1v) is 6.37. The number of rotatable bonds is 6. The van der Waals surface area contributed by atoms with Crippen LogP contribution in [0.1, 0.15) is 32.1 Å². The molecule has 0 aliphatic rings. The molecule has 1 atom stereocenters. The first-order chi connectivity index (χ1) is 6.74. The van der Waals surface area contributed by atoms with Crippen LogP contribution in [0, 0.1) is 5.92 Å². The van der Waals surface area contributed by atoms with Gasteiger partial charge in [-0.25, -0.2) is 0 Å². The van der Waals surface area contributed by atoms with E-state index in [9.17, 15) is 0 Å². The molecule has 0 amide bonds. The van der Waals surface area contributed by atoms with Crippen molar-refractivity contribution in [2.45, 2.75) is 39.7 Å². The number of nitrogens with one attached hydrogen (secondary N) is 1. The molecule has 0 unspecified atom stereocenters. The second-order valence-corrected chi connectivity index (χ2v) is 5.07. The molecule has 1 nitrogen and oxygen atoms in total. The molecule has 1 aromatic heterocycles. The summed E-state index contributed by atoms with van der Waals surface area (Å²) in [6.45, 7) is 7.93. The molecule has 0 aliphatic carbocycles. The molecule has 80 valence electrons. The number of thiophene rings is 1. The third-order valence-corrected chi connectivity index (χ3v) is 3.54. The molecule has 1 N–H and O–H groups in total. The van der Waals surface area contributed by atoms with E-state index < -0.39 is 0 Å². The Morgan fingerprint density at radius 1 is 1.43 bits per heavy atom. The highest BCUT2D eigenvalue weighted by Gasteiger charge is 2.09. The van der Waals surface area contributed by atoms with Crippen molar-refractivity contribution in [1.29, 1.82) is 0 Å². The smallest absolute Gasteiger partial charge is 0.00875 e. The van der Waals surface area contributed by atoms with Gasteiger partial charge in [0.15, 0.2) is 0 Å². The summed E-state index contributed by atoms with van der Waals surface area (Å²) in [5.74, 6) is 0.739. The van der Waals surface area contributed by atoms with Crippen LogP contribution in [0.25, 0.3) is 0 Å². The first kappa shape index (κ1) is 11.7. The van der Waals surface area contributed by atoms with Crippen LogP contribution in [0.15, 0.2) is 17.5 Å². The van der Waals surface area contributed by atoms with Crippen molar-refractivity contribution in [1.82, 2.24) is 5.32 Å². The Kier molecular flexibility index (Phi) is 5.20. The zero-order chi connectivity index (χ0) is 10.4. The van der Waals surface area contributed by atoms with Gasteiger partial charge in [-0.3, -0.25) is 0 Å². The second kappa shape index (κ2) is 6.20. The summed E-state index contributed by atoms with van der Waals surface area (Å²) in [5.41, 5.74) is 0. The molecule has 2 heteroatoms. The lowest BCUT2D eigenvalue weighted by molar-refractivity contribution is 0.392. The van der Waals surface area contributed by atoms with E-state index in [2.05, 4.69) is 43.6 Å². The van der Waals surface area contributed by atoms with Crippen molar-refractivity contribution in [2.75, 3.05) is 6.54 Å². The van der Waals surface area contributed by atoms with Gasteiger partial charge >= 0.3 is 0 Å². The third kappa shape index (κ3) is 3.81. The predicted octanol–water partition coefficient (Wildman–Crippen LogP) is 3.31. The van der Waals surface area contributed by atoms with E-state index in [1.807, 2.05) is 11.3 Å². The molecular weight excluding hydrogens is 190 g/mol. The summed E-state index contributed by atoms with van der Waals surface area (Å²) >= 11 is 1.85. The Bertz CT molecular complexity index is 228. The van der Waals surface area contributed by atoms with Gasteiger partial charge < -0.3 is 5.32 Å². The molecule has 0 aliphatic heterocycles. The highest BCUT2D eigenvalue weighted by atomic mass is 32.1. The van der Waals surface area contributed by atoms with Crippen LogP contribution >= 0.6 is 11.3 Å². The van der Waals surface area contributed by atoms with Crippen LogP contribution in [0.3, 0.4) is 0 Å². The second-order valence-electron chi connectivity index (χ2n) is 4.04. The van der Waals surface area contributed by atoms with E-state index in [0.29, 0.717) is 6.04 Å². The van der Waals surface area contributed by atoms with Gasteiger partial charge in [-0.2, -0.15) is 0 Å². The van der Waals surface area contributed by atoms with Crippen LogP contribution in [-0.2, 0) is 6.42 Å². The molecule has 1 heterocycles. The first-order valence-electron chi connectivity index (χ1n) is 5.49. The maximum absolute atomic E-state index is 3.61. The Morgan fingerprint density at radius 2 is 2.21 bits per heavy atom. The lowest BCUT2D eigenvalue weighted by Crippen LogP contribution is -2.34. The van der Waals surface area contributed by atoms with Crippen molar-refractivity contribution < 1.29 is 0 Å². The summed E-state index contributed by atoms with van der Waals surface area (Å²) in [6, 6.07) is 5.01. The summed E-state index contributed by atoms with van der Waals surface area (Å²) in [6.07, 6.45) is 2.39. The van der Waals surface area contributed by atoms with Crippen LogP contribution in [0.4, 0.5) is 0 Å². The fraction of sp³-hybridized carbons (Fsp3) is 0.667. The van der Waals surface area contributed by atoms with Gasteiger partial charge in [-0.05, 0) is 30.2 Å². The third-order valence-electron chi connectivity index (χ3n) is 2.60. The summed E-state index contributed by atoms with van der Waals surface area (Å²) in [4.78, 5) is 1.48. The van der Waals surface area contributed by atoms with Crippen LogP contribution in [-0.4, -0.2) is 12.6 Å². The molecule has 0 saturated carbocycles.